The third-order valence-electron chi connectivity index (χ3n) is 15.8. The van der Waals surface area contributed by atoms with Crippen molar-refractivity contribution in [2.45, 2.75) is 105 Å². The summed E-state index contributed by atoms with van der Waals surface area (Å²) in [5.41, 5.74) is 16.8. The van der Waals surface area contributed by atoms with Crippen LogP contribution in [0.5, 0.6) is 11.5 Å². The van der Waals surface area contributed by atoms with Gasteiger partial charge in [0.05, 0.1) is 34.7 Å². The Morgan fingerprint density at radius 2 is 1.08 bits per heavy atom. The summed E-state index contributed by atoms with van der Waals surface area (Å²) in [6.07, 6.45) is 1.93. The lowest BCUT2D eigenvalue weighted by Crippen LogP contribution is -2.25. The van der Waals surface area contributed by atoms with Crippen LogP contribution < -0.4 is 14.5 Å². The van der Waals surface area contributed by atoms with E-state index in [1.807, 2.05) is 18.3 Å². The molecule has 0 N–H and O–H groups in total. The van der Waals surface area contributed by atoms with Gasteiger partial charge in [0.2, 0.25) is 5.69 Å². The SMILES string of the molecule is [C-]#[N+]c1cccc2c1sc1c2ccc2c1c1ccc(Oc3cc(N4CN(c5c(-c6ccc(C(C)(C)C)cc6)cccc5-c5ccc(C(C)(C)C)cc5)c5ccccc54)cc(C(C)(C)C)c3)cc1n2-c1cc(C(C)(C)C)ccn1. The molecule has 1 aliphatic rings. The van der Waals surface area contributed by atoms with Crippen LogP contribution >= 0.6 is 11.3 Å². The maximum absolute atomic E-state index is 8.00. The molecule has 8 aromatic carbocycles. The highest BCUT2D eigenvalue weighted by Crippen LogP contribution is 2.52. The lowest BCUT2D eigenvalue weighted by molar-refractivity contribution is 0.479. The average molecular weight is 1040 g/mol. The van der Waals surface area contributed by atoms with Crippen molar-refractivity contribution in [1.82, 2.24) is 9.55 Å². The molecule has 11 aromatic rings. The molecule has 6 nitrogen and oxygen atoms in total. The number of hydrogen-bond acceptors (Lipinski definition) is 5. The fourth-order valence-electron chi connectivity index (χ4n) is 11.3. The molecule has 0 amide bonds. The molecule has 0 spiro atoms. The Labute approximate surface area is 464 Å². The van der Waals surface area contributed by atoms with Crippen LogP contribution in [0.15, 0.2) is 176 Å². The van der Waals surface area contributed by atoms with Crippen molar-refractivity contribution in [1.29, 1.82) is 0 Å². The minimum Gasteiger partial charge on any atom is -0.457 e. The molecular formula is C71H67N5OS. The molecule has 12 rings (SSSR count). The molecule has 0 atom stereocenters. The first-order valence-electron chi connectivity index (χ1n) is 27.2. The topological polar surface area (TPSA) is 37.9 Å². The molecule has 0 bridgehead atoms. The molecule has 78 heavy (non-hydrogen) atoms. The van der Waals surface area contributed by atoms with E-state index in [0.717, 1.165) is 76.4 Å². The Morgan fingerprint density at radius 3 is 1.69 bits per heavy atom. The zero-order valence-electron chi connectivity index (χ0n) is 47.0. The highest BCUT2D eigenvalue weighted by atomic mass is 32.1. The third-order valence-corrected chi connectivity index (χ3v) is 17.0. The van der Waals surface area contributed by atoms with Gasteiger partial charge < -0.3 is 14.5 Å². The summed E-state index contributed by atoms with van der Waals surface area (Å²) < 4.78 is 11.6. The molecule has 1 aliphatic heterocycles. The Balaban J connectivity index is 0.994. The van der Waals surface area contributed by atoms with E-state index in [-0.39, 0.29) is 21.7 Å². The Bertz CT molecular complexity index is 4120. The van der Waals surface area contributed by atoms with Crippen LogP contribution in [0.1, 0.15) is 105 Å². The lowest BCUT2D eigenvalue weighted by atomic mass is 9.85. The summed E-state index contributed by atoms with van der Waals surface area (Å²) >= 11 is 1.71. The minimum absolute atomic E-state index is 0.0397. The number of thiophene rings is 1. The van der Waals surface area contributed by atoms with Crippen molar-refractivity contribution < 1.29 is 4.74 Å². The Hall–Kier alpha value is -8.18. The molecule has 0 radical (unpaired) electrons. The quantitative estimate of drug-likeness (QED) is 0.149. The van der Waals surface area contributed by atoms with Gasteiger partial charge in [-0.25, -0.2) is 9.83 Å². The van der Waals surface area contributed by atoms with Crippen molar-refractivity contribution in [3.63, 3.8) is 0 Å². The third kappa shape index (κ3) is 8.86. The number of para-hydroxylation sites is 3. The number of rotatable bonds is 7. The summed E-state index contributed by atoms with van der Waals surface area (Å²) in [6, 6.07) is 62.1. The molecule has 388 valence electrons. The van der Waals surface area contributed by atoms with Crippen molar-refractivity contribution in [2.24, 2.45) is 0 Å². The van der Waals surface area contributed by atoms with E-state index in [1.165, 1.54) is 50.2 Å². The summed E-state index contributed by atoms with van der Waals surface area (Å²) in [4.78, 5) is 13.9. The van der Waals surface area contributed by atoms with Crippen LogP contribution in [0, 0.1) is 6.57 Å². The predicted octanol–water partition coefficient (Wildman–Crippen LogP) is 20.7. The van der Waals surface area contributed by atoms with Crippen molar-refractivity contribution in [2.75, 3.05) is 16.5 Å². The van der Waals surface area contributed by atoms with Gasteiger partial charge >= 0.3 is 0 Å². The van der Waals surface area contributed by atoms with E-state index >= 15 is 0 Å². The van der Waals surface area contributed by atoms with Crippen LogP contribution in [0.2, 0.25) is 0 Å². The van der Waals surface area contributed by atoms with Crippen LogP contribution in [-0.4, -0.2) is 16.2 Å². The van der Waals surface area contributed by atoms with E-state index in [0.29, 0.717) is 12.4 Å². The first kappa shape index (κ1) is 50.6. The van der Waals surface area contributed by atoms with Gasteiger partial charge in [0, 0.05) is 55.3 Å². The number of pyridine rings is 1. The van der Waals surface area contributed by atoms with Crippen molar-refractivity contribution >= 4 is 81.8 Å². The zero-order chi connectivity index (χ0) is 54.6. The largest absolute Gasteiger partial charge is 0.457 e. The minimum atomic E-state index is -0.186. The van der Waals surface area contributed by atoms with Crippen LogP contribution in [-0.2, 0) is 21.7 Å². The van der Waals surface area contributed by atoms with Crippen LogP contribution in [0.25, 0.3) is 74.9 Å². The lowest BCUT2D eigenvalue weighted by Gasteiger charge is -2.29. The van der Waals surface area contributed by atoms with Crippen molar-refractivity contribution in [3.05, 3.63) is 210 Å². The summed E-state index contributed by atoms with van der Waals surface area (Å²) in [5.74, 6) is 2.35. The number of hydrogen-bond donors (Lipinski definition) is 0. The smallest absolute Gasteiger partial charge is 0.204 e. The number of aromatic nitrogens is 2. The monoisotopic (exact) mass is 1040 g/mol. The fraction of sp³-hybridized carbons (Fsp3) is 0.239. The van der Waals surface area contributed by atoms with Gasteiger partial charge in [-0.05, 0) is 120 Å². The molecule has 4 heterocycles. The predicted molar refractivity (Wildman–Crippen MR) is 332 cm³/mol. The van der Waals surface area contributed by atoms with E-state index < -0.39 is 0 Å². The summed E-state index contributed by atoms with van der Waals surface area (Å²) in [5, 5.41) is 4.52. The molecule has 3 aromatic heterocycles. The first-order valence-corrected chi connectivity index (χ1v) is 28.0. The second-order valence-electron chi connectivity index (χ2n) is 25.3. The van der Waals surface area contributed by atoms with Gasteiger partial charge in [-0.3, -0.25) is 4.57 Å². The molecule has 0 aliphatic carbocycles. The number of anilines is 4. The standard InChI is InChI=1S/C71H67N5OS/c1-68(2,3)46-28-24-44(25-29-46)53-18-16-19-54(45-26-30-47(31-27-45)69(4,5)6)65(53)75-43-74(59-22-14-15-23-60(59)75)50-38-49(71(10,11)12)39-52(41-50)77-51-32-33-57-62(42-51)76(63-40-48(36-37-73-63)70(7,8)9)61-35-34-56-55-20-17-21-58(72-13)66(55)78-67(56)64(57)61/h14-42H,43H2,1-12H3. The van der Waals surface area contributed by atoms with E-state index in [1.54, 1.807) is 11.3 Å². The normalized spacial score (nSPS) is 13.3. The molecular weight excluding hydrogens is 971 g/mol. The van der Waals surface area contributed by atoms with Gasteiger partial charge in [0.25, 0.3) is 0 Å². The van der Waals surface area contributed by atoms with E-state index in [2.05, 4.69) is 260 Å². The molecule has 7 heteroatoms. The first-order chi connectivity index (χ1) is 37.1. The molecule has 0 saturated heterocycles. The van der Waals surface area contributed by atoms with Gasteiger partial charge in [-0.1, -0.05) is 186 Å². The van der Waals surface area contributed by atoms with Crippen molar-refractivity contribution in [3.8, 4) is 39.6 Å². The fourth-order valence-corrected chi connectivity index (χ4v) is 12.6. The summed E-state index contributed by atoms with van der Waals surface area (Å²) in [6.45, 7) is 35.8. The van der Waals surface area contributed by atoms with E-state index in [9.17, 15) is 0 Å². The summed E-state index contributed by atoms with van der Waals surface area (Å²) in [7, 11) is 0. The zero-order valence-corrected chi connectivity index (χ0v) is 47.8. The molecule has 0 fully saturated rings. The maximum atomic E-state index is 8.00. The van der Waals surface area contributed by atoms with Gasteiger partial charge in [0.1, 0.15) is 24.0 Å². The number of nitrogens with zero attached hydrogens (tertiary/aromatic N) is 5. The Kier molecular flexibility index (Phi) is 12.0. The highest BCUT2D eigenvalue weighted by molar-refractivity contribution is 7.27. The molecule has 0 saturated carbocycles. The Morgan fingerprint density at radius 1 is 0.487 bits per heavy atom. The van der Waals surface area contributed by atoms with Crippen LogP contribution in [0.4, 0.5) is 28.4 Å². The number of fused-ring (bicyclic) bond motifs is 8. The molecule has 0 unspecified atom stereocenters. The average Bonchev–Trinajstić information content (AvgIpc) is 4.31. The van der Waals surface area contributed by atoms with Gasteiger partial charge in [-0.15, -0.1) is 11.3 Å². The van der Waals surface area contributed by atoms with Gasteiger partial charge in [0.15, 0.2) is 0 Å². The second-order valence-corrected chi connectivity index (χ2v) is 26.3. The van der Waals surface area contributed by atoms with Crippen LogP contribution in [0.3, 0.4) is 0 Å². The van der Waals surface area contributed by atoms with Gasteiger partial charge in [-0.2, -0.15) is 0 Å². The highest BCUT2D eigenvalue weighted by Gasteiger charge is 2.33. The number of ether oxygens (including phenoxy) is 1. The maximum Gasteiger partial charge on any atom is 0.204 e. The second kappa shape index (κ2) is 18.5. The number of benzene rings is 8. The van der Waals surface area contributed by atoms with E-state index in [4.69, 9.17) is 16.3 Å².